The van der Waals surface area contributed by atoms with Gasteiger partial charge in [-0.05, 0) is 31.2 Å². The van der Waals surface area contributed by atoms with Gasteiger partial charge in [0.05, 0.1) is 0 Å². The van der Waals surface area contributed by atoms with Gasteiger partial charge in [-0.3, -0.25) is 4.79 Å². The van der Waals surface area contributed by atoms with Crippen molar-refractivity contribution in [3.05, 3.63) is 0 Å². The molecular weight excluding hydrogens is 192 g/mol. The van der Waals surface area contributed by atoms with Gasteiger partial charge in [0.1, 0.15) is 6.10 Å². The van der Waals surface area contributed by atoms with E-state index in [0.717, 1.165) is 19.3 Å². The standard InChI is InChI=1S/C11H22N2O2/c1-11(2,7-12)8-13-10(14)9-5-3-4-6-15-9/h9H,3-8,12H2,1-2H3,(H,13,14). The molecule has 1 heterocycles. The first-order valence-corrected chi connectivity index (χ1v) is 5.64. The molecule has 1 aliphatic rings. The molecule has 1 amide bonds. The quantitative estimate of drug-likeness (QED) is 0.722. The van der Waals surface area contributed by atoms with E-state index in [-0.39, 0.29) is 17.4 Å². The summed E-state index contributed by atoms with van der Waals surface area (Å²) in [5, 5.41) is 2.90. The predicted molar refractivity (Wildman–Crippen MR) is 59.4 cm³/mol. The van der Waals surface area contributed by atoms with Crippen LogP contribution in [0.1, 0.15) is 33.1 Å². The summed E-state index contributed by atoms with van der Waals surface area (Å²) in [5.74, 6) is 0.0104. The maximum Gasteiger partial charge on any atom is 0.249 e. The second-order valence-electron chi connectivity index (χ2n) is 4.94. The van der Waals surface area contributed by atoms with Gasteiger partial charge in [-0.2, -0.15) is 0 Å². The maximum atomic E-state index is 11.7. The van der Waals surface area contributed by atoms with Crippen LogP contribution in [0.5, 0.6) is 0 Å². The van der Waals surface area contributed by atoms with Gasteiger partial charge in [0.15, 0.2) is 0 Å². The third-order valence-corrected chi connectivity index (χ3v) is 2.77. The minimum atomic E-state index is -0.243. The molecule has 15 heavy (non-hydrogen) atoms. The number of amides is 1. The molecule has 0 aromatic carbocycles. The molecule has 1 aliphatic heterocycles. The van der Waals surface area contributed by atoms with E-state index in [9.17, 15) is 4.79 Å². The lowest BCUT2D eigenvalue weighted by atomic mass is 9.94. The van der Waals surface area contributed by atoms with Crippen LogP contribution in [-0.2, 0) is 9.53 Å². The van der Waals surface area contributed by atoms with E-state index >= 15 is 0 Å². The Bertz CT molecular complexity index is 211. The molecule has 4 heteroatoms. The zero-order valence-electron chi connectivity index (χ0n) is 9.71. The van der Waals surface area contributed by atoms with Gasteiger partial charge in [0, 0.05) is 13.2 Å². The fraction of sp³-hybridized carbons (Fsp3) is 0.909. The van der Waals surface area contributed by atoms with Crippen molar-refractivity contribution in [2.45, 2.75) is 39.2 Å². The third-order valence-electron chi connectivity index (χ3n) is 2.77. The van der Waals surface area contributed by atoms with Crippen LogP contribution in [-0.4, -0.2) is 31.7 Å². The molecule has 4 nitrogen and oxygen atoms in total. The lowest BCUT2D eigenvalue weighted by molar-refractivity contribution is -0.135. The number of carbonyl (C=O) groups excluding carboxylic acids is 1. The lowest BCUT2D eigenvalue weighted by Gasteiger charge is -2.26. The molecule has 1 unspecified atom stereocenters. The fourth-order valence-corrected chi connectivity index (χ4v) is 1.46. The van der Waals surface area contributed by atoms with E-state index in [2.05, 4.69) is 5.32 Å². The average Bonchev–Trinajstić information content (AvgIpc) is 2.27. The molecule has 0 aliphatic carbocycles. The number of ether oxygens (including phenoxy) is 1. The molecule has 1 fully saturated rings. The number of hydrogen-bond acceptors (Lipinski definition) is 3. The molecular formula is C11H22N2O2. The highest BCUT2D eigenvalue weighted by molar-refractivity contribution is 5.80. The molecule has 1 atom stereocenters. The van der Waals surface area contributed by atoms with E-state index in [1.165, 1.54) is 0 Å². The van der Waals surface area contributed by atoms with E-state index in [1.54, 1.807) is 0 Å². The predicted octanol–water partition coefficient (Wildman–Crippen LogP) is 0.657. The van der Waals surface area contributed by atoms with Gasteiger partial charge in [-0.15, -0.1) is 0 Å². The topological polar surface area (TPSA) is 64.3 Å². The van der Waals surface area contributed by atoms with Gasteiger partial charge < -0.3 is 15.8 Å². The van der Waals surface area contributed by atoms with Gasteiger partial charge in [-0.25, -0.2) is 0 Å². The summed E-state index contributed by atoms with van der Waals surface area (Å²) in [6.07, 6.45) is 2.75. The highest BCUT2D eigenvalue weighted by atomic mass is 16.5. The summed E-state index contributed by atoms with van der Waals surface area (Å²) >= 11 is 0. The molecule has 0 aromatic heterocycles. The van der Waals surface area contributed by atoms with Crippen LogP contribution in [0.4, 0.5) is 0 Å². The Kier molecular flexibility index (Phi) is 4.54. The van der Waals surface area contributed by atoms with Crippen LogP contribution in [0, 0.1) is 5.41 Å². The monoisotopic (exact) mass is 214 g/mol. The first kappa shape index (κ1) is 12.5. The van der Waals surface area contributed by atoms with Gasteiger partial charge in [0.2, 0.25) is 5.91 Å². The molecule has 0 aromatic rings. The zero-order valence-corrected chi connectivity index (χ0v) is 9.71. The zero-order chi connectivity index (χ0) is 11.3. The third kappa shape index (κ3) is 4.18. The Balaban J connectivity index is 2.28. The summed E-state index contributed by atoms with van der Waals surface area (Å²) in [7, 11) is 0. The van der Waals surface area contributed by atoms with Crippen molar-refractivity contribution >= 4 is 5.91 Å². The summed E-state index contributed by atoms with van der Waals surface area (Å²) in [4.78, 5) is 11.7. The molecule has 0 spiro atoms. The van der Waals surface area contributed by atoms with Crippen molar-refractivity contribution in [1.82, 2.24) is 5.32 Å². The highest BCUT2D eigenvalue weighted by Crippen LogP contribution is 2.14. The second-order valence-corrected chi connectivity index (χ2v) is 4.94. The van der Waals surface area contributed by atoms with Crippen molar-refractivity contribution in [2.24, 2.45) is 11.1 Å². The first-order valence-electron chi connectivity index (χ1n) is 5.64. The Hall–Kier alpha value is -0.610. The number of rotatable bonds is 4. The molecule has 3 N–H and O–H groups in total. The highest BCUT2D eigenvalue weighted by Gasteiger charge is 2.24. The molecule has 0 radical (unpaired) electrons. The van der Waals surface area contributed by atoms with E-state index in [0.29, 0.717) is 19.7 Å². The number of carbonyl (C=O) groups is 1. The van der Waals surface area contributed by atoms with Gasteiger partial charge >= 0.3 is 0 Å². The van der Waals surface area contributed by atoms with E-state index in [1.807, 2.05) is 13.8 Å². The Morgan fingerprint density at radius 2 is 2.27 bits per heavy atom. The lowest BCUT2D eigenvalue weighted by Crippen LogP contribution is -2.44. The summed E-state index contributed by atoms with van der Waals surface area (Å²) in [5.41, 5.74) is 5.55. The number of nitrogens with one attached hydrogen (secondary N) is 1. The number of nitrogens with two attached hydrogens (primary N) is 1. The van der Waals surface area contributed by atoms with Crippen molar-refractivity contribution in [3.63, 3.8) is 0 Å². The van der Waals surface area contributed by atoms with Gasteiger partial charge in [-0.1, -0.05) is 13.8 Å². The Morgan fingerprint density at radius 1 is 1.53 bits per heavy atom. The SMILES string of the molecule is CC(C)(CN)CNC(=O)C1CCCCO1. The van der Waals surface area contributed by atoms with Crippen molar-refractivity contribution in [2.75, 3.05) is 19.7 Å². The minimum absolute atomic E-state index is 0.0104. The summed E-state index contributed by atoms with van der Waals surface area (Å²) < 4.78 is 5.40. The smallest absolute Gasteiger partial charge is 0.249 e. The molecule has 0 bridgehead atoms. The van der Waals surface area contributed by atoms with E-state index < -0.39 is 0 Å². The van der Waals surface area contributed by atoms with Crippen molar-refractivity contribution in [1.29, 1.82) is 0 Å². The largest absolute Gasteiger partial charge is 0.368 e. The Morgan fingerprint density at radius 3 is 2.80 bits per heavy atom. The van der Waals surface area contributed by atoms with Crippen molar-refractivity contribution < 1.29 is 9.53 Å². The average molecular weight is 214 g/mol. The van der Waals surface area contributed by atoms with Crippen molar-refractivity contribution in [3.8, 4) is 0 Å². The first-order chi connectivity index (χ1) is 7.05. The number of hydrogen-bond donors (Lipinski definition) is 2. The molecule has 88 valence electrons. The minimum Gasteiger partial charge on any atom is -0.368 e. The maximum absolute atomic E-state index is 11.7. The normalized spacial score (nSPS) is 22.5. The van der Waals surface area contributed by atoms with Crippen LogP contribution in [0.25, 0.3) is 0 Å². The second kappa shape index (κ2) is 5.47. The Labute approximate surface area is 91.5 Å². The summed E-state index contributed by atoms with van der Waals surface area (Å²) in [6.45, 7) is 5.96. The van der Waals surface area contributed by atoms with Crippen LogP contribution in [0.3, 0.4) is 0 Å². The van der Waals surface area contributed by atoms with Crippen LogP contribution in [0.15, 0.2) is 0 Å². The van der Waals surface area contributed by atoms with Crippen LogP contribution < -0.4 is 11.1 Å². The molecule has 1 saturated heterocycles. The summed E-state index contributed by atoms with van der Waals surface area (Å²) in [6, 6.07) is 0. The van der Waals surface area contributed by atoms with Crippen LogP contribution >= 0.6 is 0 Å². The molecule has 0 saturated carbocycles. The fourth-order valence-electron chi connectivity index (χ4n) is 1.46. The van der Waals surface area contributed by atoms with E-state index in [4.69, 9.17) is 10.5 Å². The molecule has 1 rings (SSSR count). The van der Waals surface area contributed by atoms with Gasteiger partial charge in [0.25, 0.3) is 0 Å². The van der Waals surface area contributed by atoms with Crippen LogP contribution in [0.2, 0.25) is 0 Å².